The molecule has 0 bridgehead atoms. The maximum Gasteiger partial charge on any atom is 0.258 e. The molecule has 5 nitrogen and oxygen atoms in total. The van der Waals surface area contributed by atoms with E-state index in [2.05, 4.69) is 35.4 Å². The molecule has 106 valence electrons. The monoisotopic (exact) mass is 282 g/mol. The van der Waals surface area contributed by atoms with Crippen molar-refractivity contribution in [2.24, 2.45) is 0 Å². The summed E-state index contributed by atoms with van der Waals surface area (Å²) in [6.07, 6.45) is 3.11. The molecule has 1 aliphatic carbocycles. The molecule has 19 heavy (non-hydrogen) atoms. The Labute approximate surface area is 118 Å². The molecule has 1 fully saturated rings. The van der Waals surface area contributed by atoms with Crippen molar-refractivity contribution in [2.45, 2.75) is 51.6 Å². The quantitative estimate of drug-likeness (QED) is 0.869. The molecule has 1 saturated carbocycles. The summed E-state index contributed by atoms with van der Waals surface area (Å²) < 4.78 is 4.15. The summed E-state index contributed by atoms with van der Waals surface area (Å²) in [6, 6.07) is 0.323. The van der Waals surface area contributed by atoms with E-state index in [9.17, 15) is 4.79 Å². The second-order valence-corrected chi connectivity index (χ2v) is 6.47. The predicted molar refractivity (Wildman–Crippen MR) is 79.8 cm³/mol. The van der Waals surface area contributed by atoms with Gasteiger partial charge < -0.3 is 16.0 Å². The Kier molecular flexibility index (Phi) is 3.71. The van der Waals surface area contributed by atoms with Crippen LogP contribution in [-0.2, 0) is 0 Å². The molecule has 1 aromatic rings. The predicted octanol–water partition coefficient (Wildman–Crippen LogP) is 2.24. The van der Waals surface area contributed by atoms with Gasteiger partial charge in [0.1, 0.15) is 10.6 Å². The number of nitrogen functional groups attached to an aromatic ring is 1. The van der Waals surface area contributed by atoms with Crippen molar-refractivity contribution < 1.29 is 4.79 Å². The van der Waals surface area contributed by atoms with Crippen LogP contribution in [-0.4, -0.2) is 28.9 Å². The number of amides is 1. The third-order valence-corrected chi connectivity index (χ3v) is 4.86. The molecule has 1 aromatic heterocycles. The second kappa shape index (κ2) is 5.00. The smallest absolute Gasteiger partial charge is 0.258 e. The Balaban J connectivity index is 2.28. The van der Waals surface area contributed by atoms with Crippen LogP contribution in [0.5, 0.6) is 0 Å². The van der Waals surface area contributed by atoms with Crippen LogP contribution in [0.3, 0.4) is 0 Å². The first-order chi connectivity index (χ1) is 8.86. The summed E-state index contributed by atoms with van der Waals surface area (Å²) in [7, 11) is 1.99. The minimum atomic E-state index is -0.0949. The molecule has 0 unspecified atom stereocenters. The van der Waals surface area contributed by atoms with E-state index in [1.807, 2.05) is 7.05 Å². The molecule has 1 heterocycles. The molecule has 1 aliphatic rings. The van der Waals surface area contributed by atoms with Crippen LogP contribution >= 0.6 is 11.5 Å². The average molecular weight is 282 g/mol. The van der Waals surface area contributed by atoms with E-state index in [0.717, 1.165) is 24.3 Å². The maximum absolute atomic E-state index is 12.3. The summed E-state index contributed by atoms with van der Waals surface area (Å²) in [5.74, 6) is 0.236. The van der Waals surface area contributed by atoms with E-state index in [0.29, 0.717) is 17.4 Å². The zero-order valence-corrected chi connectivity index (χ0v) is 12.8. The van der Waals surface area contributed by atoms with Crippen LogP contribution in [0.1, 0.15) is 50.4 Å². The van der Waals surface area contributed by atoms with Gasteiger partial charge >= 0.3 is 0 Å². The number of carbonyl (C=O) groups excluding carboxylic acids is 1. The standard InChI is InChI=1S/C13H22N4OS/c1-5-13(2,3)17(4)12-9(10(14)16-19-12)11(18)15-8-6-7-8/h8H,5-7H2,1-4H3,(H2,14,16)(H,15,18). The fourth-order valence-electron chi connectivity index (χ4n) is 1.73. The number of nitrogens with two attached hydrogens (primary N) is 1. The fraction of sp³-hybridized carbons (Fsp3) is 0.692. The molecular weight excluding hydrogens is 260 g/mol. The number of rotatable bonds is 5. The Bertz CT molecular complexity index is 479. The lowest BCUT2D eigenvalue weighted by molar-refractivity contribution is 0.0952. The normalized spacial score (nSPS) is 15.4. The minimum Gasteiger partial charge on any atom is -0.382 e. The average Bonchev–Trinajstić information content (AvgIpc) is 3.08. The van der Waals surface area contributed by atoms with Gasteiger partial charge in [0.05, 0.1) is 0 Å². The van der Waals surface area contributed by atoms with Crippen molar-refractivity contribution in [2.75, 3.05) is 17.7 Å². The van der Waals surface area contributed by atoms with Crippen molar-refractivity contribution in [1.29, 1.82) is 0 Å². The number of anilines is 2. The van der Waals surface area contributed by atoms with Crippen LogP contribution < -0.4 is 16.0 Å². The lowest BCUT2D eigenvalue weighted by atomic mass is 10.00. The van der Waals surface area contributed by atoms with Crippen LogP contribution in [0.15, 0.2) is 0 Å². The van der Waals surface area contributed by atoms with Gasteiger partial charge in [-0.05, 0) is 44.6 Å². The van der Waals surface area contributed by atoms with Crippen molar-refractivity contribution in [1.82, 2.24) is 9.69 Å². The highest BCUT2D eigenvalue weighted by molar-refractivity contribution is 7.11. The number of nitrogens with zero attached hydrogens (tertiary/aromatic N) is 2. The summed E-state index contributed by atoms with van der Waals surface area (Å²) in [6.45, 7) is 6.42. The van der Waals surface area contributed by atoms with Gasteiger partial charge in [-0.15, -0.1) is 0 Å². The Morgan fingerprint density at radius 3 is 2.74 bits per heavy atom. The number of hydrogen-bond donors (Lipinski definition) is 2. The number of carbonyl (C=O) groups is 1. The first-order valence-corrected chi connectivity index (χ1v) is 7.44. The first kappa shape index (κ1) is 14.1. The summed E-state index contributed by atoms with van der Waals surface area (Å²) in [5.41, 5.74) is 6.37. The number of nitrogens with one attached hydrogen (secondary N) is 1. The molecule has 0 atom stereocenters. The zero-order chi connectivity index (χ0) is 14.2. The maximum atomic E-state index is 12.3. The fourth-order valence-corrected chi connectivity index (χ4v) is 2.67. The van der Waals surface area contributed by atoms with Gasteiger partial charge in [0, 0.05) is 18.6 Å². The number of hydrogen-bond acceptors (Lipinski definition) is 5. The molecule has 3 N–H and O–H groups in total. The Hall–Kier alpha value is -1.30. The van der Waals surface area contributed by atoms with Gasteiger partial charge in [0.25, 0.3) is 5.91 Å². The van der Waals surface area contributed by atoms with Crippen LogP contribution in [0.25, 0.3) is 0 Å². The van der Waals surface area contributed by atoms with Gasteiger partial charge in [-0.3, -0.25) is 4.79 Å². The van der Waals surface area contributed by atoms with E-state index in [1.165, 1.54) is 11.5 Å². The highest BCUT2D eigenvalue weighted by Crippen LogP contribution is 2.35. The molecule has 6 heteroatoms. The molecule has 0 saturated heterocycles. The minimum absolute atomic E-state index is 0.0341. The SMILES string of the molecule is CCC(C)(C)N(C)c1snc(N)c1C(=O)NC1CC1. The van der Waals surface area contributed by atoms with E-state index in [4.69, 9.17) is 5.73 Å². The molecule has 0 spiro atoms. The first-order valence-electron chi connectivity index (χ1n) is 6.66. The third kappa shape index (κ3) is 2.83. The van der Waals surface area contributed by atoms with E-state index >= 15 is 0 Å². The molecule has 2 rings (SSSR count). The molecule has 0 aliphatic heterocycles. The third-order valence-electron chi connectivity index (χ3n) is 3.92. The Morgan fingerprint density at radius 1 is 1.58 bits per heavy atom. The molecule has 1 amide bonds. The van der Waals surface area contributed by atoms with Crippen molar-refractivity contribution >= 4 is 28.3 Å². The van der Waals surface area contributed by atoms with E-state index < -0.39 is 0 Å². The lowest BCUT2D eigenvalue weighted by Gasteiger charge is -2.35. The van der Waals surface area contributed by atoms with Crippen molar-refractivity contribution in [3.8, 4) is 0 Å². The summed E-state index contributed by atoms with van der Waals surface area (Å²) >= 11 is 1.29. The highest BCUT2D eigenvalue weighted by Gasteiger charge is 2.31. The van der Waals surface area contributed by atoms with Crippen LogP contribution in [0.4, 0.5) is 10.8 Å². The van der Waals surface area contributed by atoms with Crippen molar-refractivity contribution in [3.63, 3.8) is 0 Å². The largest absolute Gasteiger partial charge is 0.382 e. The highest BCUT2D eigenvalue weighted by atomic mass is 32.1. The molecular formula is C13H22N4OS. The van der Waals surface area contributed by atoms with Crippen LogP contribution in [0.2, 0.25) is 0 Å². The lowest BCUT2D eigenvalue weighted by Crippen LogP contribution is -2.41. The van der Waals surface area contributed by atoms with Gasteiger partial charge in [0.2, 0.25) is 0 Å². The van der Waals surface area contributed by atoms with E-state index in [-0.39, 0.29) is 11.4 Å². The second-order valence-electron chi connectivity index (χ2n) is 5.72. The molecule has 0 radical (unpaired) electrons. The Morgan fingerprint density at radius 2 is 2.21 bits per heavy atom. The summed E-state index contributed by atoms with van der Waals surface area (Å²) in [4.78, 5) is 14.4. The van der Waals surface area contributed by atoms with E-state index in [1.54, 1.807) is 0 Å². The topological polar surface area (TPSA) is 71.2 Å². The van der Waals surface area contributed by atoms with Gasteiger partial charge in [-0.1, -0.05) is 6.92 Å². The van der Waals surface area contributed by atoms with Gasteiger partial charge in [-0.25, -0.2) is 0 Å². The zero-order valence-electron chi connectivity index (χ0n) is 12.0. The van der Waals surface area contributed by atoms with Gasteiger partial charge in [0.15, 0.2) is 5.82 Å². The van der Waals surface area contributed by atoms with Crippen molar-refractivity contribution in [3.05, 3.63) is 5.56 Å². The van der Waals surface area contributed by atoms with Gasteiger partial charge in [-0.2, -0.15) is 4.37 Å². The number of aromatic nitrogens is 1. The van der Waals surface area contributed by atoms with Crippen LogP contribution in [0, 0.1) is 0 Å². The summed E-state index contributed by atoms with van der Waals surface area (Å²) in [5, 5.41) is 3.83. The molecule has 0 aromatic carbocycles.